The zero-order valence-electron chi connectivity index (χ0n) is 12.2. The van der Waals surface area contributed by atoms with E-state index in [9.17, 15) is 14.9 Å². The summed E-state index contributed by atoms with van der Waals surface area (Å²) < 4.78 is 5.41. The first-order chi connectivity index (χ1) is 11.1. The lowest BCUT2D eigenvalue weighted by Crippen LogP contribution is -2.11. The summed E-state index contributed by atoms with van der Waals surface area (Å²) in [6, 6.07) is 9.50. The van der Waals surface area contributed by atoms with E-state index < -0.39 is 17.0 Å². The number of ether oxygens (including phenoxy) is 1. The van der Waals surface area contributed by atoms with Crippen molar-refractivity contribution in [3.8, 4) is 0 Å². The summed E-state index contributed by atoms with van der Waals surface area (Å²) in [6.07, 6.45) is 2.44. The van der Waals surface area contributed by atoms with Crippen molar-refractivity contribution in [2.75, 3.05) is 0 Å². The Balaban J connectivity index is 1.89. The summed E-state index contributed by atoms with van der Waals surface area (Å²) in [7, 11) is 0. The van der Waals surface area contributed by atoms with Gasteiger partial charge in [0.15, 0.2) is 0 Å². The molecule has 1 aromatic carbocycles. The number of aromatic amines is 1. The van der Waals surface area contributed by atoms with E-state index in [4.69, 9.17) is 4.74 Å². The Hall–Kier alpha value is -3.22. The number of hydrogen-bond donors (Lipinski definition) is 1. The Morgan fingerprint density at radius 1 is 1.30 bits per heavy atom. The zero-order valence-corrected chi connectivity index (χ0v) is 12.2. The van der Waals surface area contributed by atoms with Crippen molar-refractivity contribution >= 4 is 22.7 Å². The maximum absolute atomic E-state index is 12.4. The number of fused-ring (bicyclic) bond motifs is 1. The smallest absolute Gasteiger partial charge is 0.339 e. The molecule has 0 aliphatic heterocycles. The fraction of sp³-hybridized carbons (Fsp3) is 0.125. The molecular weight excluding hydrogens is 298 g/mol. The normalized spacial score (nSPS) is 12.0. The molecule has 23 heavy (non-hydrogen) atoms. The molecule has 0 bridgehead atoms. The number of rotatable bonds is 4. The Kier molecular flexibility index (Phi) is 3.76. The van der Waals surface area contributed by atoms with Gasteiger partial charge in [-0.25, -0.2) is 9.78 Å². The average Bonchev–Trinajstić information content (AvgIpc) is 3.03. The van der Waals surface area contributed by atoms with Gasteiger partial charge in [-0.05, 0) is 25.1 Å². The van der Waals surface area contributed by atoms with Crippen LogP contribution in [0.4, 0.5) is 5.69 Å². The van der Waals surface area contributed by atoms with Crippen LogP contribution in [0.5, 0.6) is 0 Å². The topological polar surface area (TPSA) is 98.1 Å². The van der Waals surface area contributed by atoms with E-state index in [-0.39, 0.29) is 5.69 Å². The number of nitrogens with one attached hydrogen (secondary N) is 1. The number of nitrogens with zero attached hydrogens (tertiary/aromatic N) is 2. The third kappa shape index (κ3) is 2.76. The van der Waals surface area contributed by atoms with E-state index in [1.807, 2.05) is 0 Å². The third-order valence-corrected chi connectivity index (χ3v) is 3.54. The van der Waals surface area contributed by atoms with Crippen molar-refractivity contribution in [1.29, 1.82) is 0 Å². The molecule has 3 aromatic rings. The van der Waals surface area contributed by atoms with Gasteiger partial charge in [-0.2, -0.15) is 0 Å². The van der Waals surface area contributed by atoms with Crippen molar-refractivity contribution < 1.29 is 14.5 Å². The molecule has 0 amide bonds. The summed E-state index contributed by atoms with van der Waals surface area (Å²) in [6.45, 7) is 1.61. The molecule has 0 aliphatic rings. The highest BCUT2D eigenvalue weighted by atomic mass is 16.6. The van der Waals surface area contributed by atoms with E-state index in [1.54, 1.807) is 43.5 Å². The second kappa shape index (κ2) is 5.88. The number of aromatic nitrogens is 2. The summed E-state index contributed by atoms with van der Waals surface area (Å²) in [4.78, 5) is 30.0. The van der Waals surface area contributed by atoms with Crippen LogP contribution >= 0.6 is 0 Å². The second-order valence-corrected chi connectivity index (χ2v) is 4.96. The molecule has 0 aliphatic carbocycles. The van der Waals surface area contributed by atoms with Gasteiger partial charge in [-0.3, -0.25) is 10.1 Å². The maximum atomic E-state index is 12.4. The molecule has 1 atom stereocenters. The summed E-state index contributed by atoms with van der Waals surface area (Å²) >= 11 is 0. The Labute approximate surface area is 131 Å². The maximum Gasteiger partial charge on any atom is 0.339 e. The fourth-order valence-electron chi connectivity index (χ4n) is 2.42. The predicted octanol–water partition coefficient (Wildman–Crippen LogP) is 3.39. The van der Waals surface area contributed by atoms with Crippen LogP contribution in [0.2, 0.25) is 0 Å². The molecule has 0 saturated carbocycles. The van der Waals surface area contributed by atoms with E-state index in [1.165, 1.54) is 12.3 Å². The number of hydrogen-bond acceptors (Lipinski definition) is 5. The Morgan fingerprint density at radius 2 is 2.09 bits per heavy atom. The molecular formula is C16H13N3O4. The van der Waals surface area contributed by atoms with Crippen LogP contribution in [-0.4, -0.2) is 20.9 Å². The van der Waals surface area contributed by atoms with Crippen LogP contribution in [0.25, 0.3) is 11.0 Å². The van der Waals surface area contributed by atoms with Crippen LogP contribution in [0, 0.1) is 10.1 Å². The minimum absolute atomic E-state index is 0.0747. The van der Waals surface area contributed by atoms with Crippen molar-refractivity contribution in [1.82, 2.24) is 9.97 Å². The minimum Gasteiger partial charge on any atom is -0.454 e. The number of pyridine rings is 1. The first-order valence-corrected chi connectivity index (χ1v) is 6.94. The van der Waals surface area contributed by atoms with Crippen LogP contribution in [-0.2, 0) is 4.74 Å². The molecule has 3 rings (SSSR count). The molecule has 2 heterocycles. The first-order valence-electron chi connectivity index (χ1n) is 6.94. The molecule has 0 saturated heterocycles. The Morgan fingerprint density at radius 3 is 2.87 bits per heavy atom. The van der Waals surface area contributed by atoms with E-state index in [0.717, 1.165) is 0 Å². The molecule has 1 N–H and O–H groups in total. The van der Waals surface area contributed by atoms with Gasteiger partial charge in [-0.15, -0.1) is 0 Å². The standard InChI is InChI=1S/C16H13N3O4/c1-10(11-4-2-3-5-14(11)19(21)22)23-16(20)13-7-9-18-15-12(13)6-8-17-15/h2-10H,1H3,(H,17,18). The lowest BCUT2D eigenvalue weighted by atomic mass is 10.1. The zero-order chi connectivity index (χ0) is 16.4. The minimum atomic E-state index is -0.744. The molecule has 2 aromatic heterocycles. The van der Waals surface area contributed by atoms with E-state index in [0.29, 0.717) is 22.2 Å². The first kappa shape index (κ1) is 14.7. The van der Waals surface area contributed by atoms with Gasteiger partial charge in [0, 0.05) is 23.8 Å². The van der Waals surface area contributed by atoms with Crippen LogP contribution < -0.4 is 0 Å². The Bertz CT molecular complexity index is 888. The number of esters is 1. The van der Waals surface area contributed by atoms with Crippen molar-refractivity contribution in [2.45, 2.75) is 13.0 Å². The highest BCUT2D eigenvalue weighted by Gasteiger charge is 2.22. The predicted molar refractivity (Wildman–Crippen MR) is 83.0 cm³/mol. The number of nitro benzene ring substituents is 1. The molecule has 116 valence electrons. The van der Waals surface area contributed by atoms with Gasteiger partial charge in [0.1, 0.15) is 11.8 Å². The van der Waals surface area contributed by atoms with Gasteiger partial charge in [0.25, 0.3) is 5.69 Å². The number of carbonyl (C=O) groups excluding carboxylic acids is 1. The number of nitro groups is 1. The van der Waals surface area contributed by atoms with Gasteiger partial charge in [-0.1, -0.05) is 12.1 Å². The molecule has 7 nitrogen and oxygen atoms in total. The largest absolute Gasteiger partial charge is 0.454 e. The third-order valence-electron chi connectivity index (χ3n) is 3.54. The van der Waals surface area contributed by atoms with Gasteiger partial charge >= 0.3 is 5.97 Å². The molecule has 0 fully saturated rings. The number of H-pyrrole nitrogens is 1. The summed E-state index contributed by atoms with van der Waals surface area (Å²) in [5.74, 6) is -0.553. The van der Waals surface area contributed by atoms with Crippen LogP contribution in [0.15, 0.2) is 48.8 Å². The fourth-order valence-corrected chi connectivity index (χ4v) is 2.42. The molecule has 0 radical (unpaired) electrons. The van der Waals surface area contributed by atoms with E-state index in [2.05, 4.69) is 9.97 Å². The molecule has 7 heteroatoms. The average molecular weight is 311 g/mol. The lowest BCUT2D eigenvalue weighted by molar-refractivity contribution is -0.386. The lowest BCUT2D eigenvalue weighted by Gasteiger charge is -2.14. The monoisotopic (exact) mass is 311 g/mol. The number of benzene rings is 1. The highest BCUT2D eigenvalue weighted by Crippen LogP contribution is 2.28. The van der Waals surface area contributed by atoms with Gasteiger partial charge < -0.3 is 9.72 Å². The van der Waals surface area contributed by atoms with Crippen molar-refractivity contribution in [3.05, 3.63) is 70.0 Å². The highest BCUT2D eigenvalue weighted by molar-refractivity contribution is 6.02. The number of carbonyl (C=O) groups is 1. The summed E-state index contributed by atoms with van der Waals surface area (Å²) in [5.41, 5.74) is 1.22. The van der Waals surface area contributed by atoms with Crippen LogP contribution in [0.3, 0.4) is 0 Å². The van der Waals surface area contributed by atoms with Gasteiger partial charge in [0.05, 0.1) is 16.1 Å². The molecule has 0 spiro atoms. The van der Waals surface area contributed by atoms with Crippen molar-refractivity contribution in [3.63, 3.8) is 0 Å². The molecule has 1 unspecified atom stereocenters. The quantitative estimate of drug-likeness (QED) is 0.452. The number of para-hydroxylation sites is 1. The SMILES string of the molecule is CC(OC(=O)c1ccnc2[nH]ccc12)c1ccccc1[N+](=O)[O-]. The van der Waals surface area contributed by atoms with Crippen molar-refractivity contribution in [2.24, 2.45) is 0 Å². The van der Waals surface area contributed by atoms with Crippen LogP contribution in [0.1, 0.15) is 28.9 Å². The summed E-state index contributed by atoms with van der Waals surface area (Å²) in [5, 5.41) is 11.7. The van der Waals surface area contributed by atoms with E-state index >= 15 is 0 Å². The van der Waals surface area contributed by atoms with Gasteiger partial charge in [0.2, 0.25) is 0 Å². The second-order valence-electron chi connectivity index (χ2n) is 4.96.